The molecule has 0 unspecified atom stereocenters. The van der Waals surface area contributed by atoms with Crippen LogP contribution in [0.1, 0.15) is 36.0 Å². The summed E-state index contributed by atoms with van der Waals surface area (Å²) in [6, 6.07) is 6.17. The molecule has 1 heterocycles. The molecule has 0 spiro atoms. The standard InChI is InChI=1S/C14H18N2O3.ClH/c17-14(8-11-15-9-4-1-5-10-15)12-6-2-3-7-13(12)16(18)19;/h2-3,6-7H,1,4-5,8-11H2;1H. The number of Topliss-reactive ketones (excluding diaryl/α,β-unsaturated/α-hetero) is 1. The van der Waals surface area contributed by atoms with E-state index in [1.165, 1.54) is 31.4 Å². The summed E-state index contributed by atoms with van der Waals surface area (Å²) in [5, 5.41) is 10.9. The van der Waals surface area contributed by atoms with Crippen molar-refractivity contribution in [2.24, 2.45) is 0 Å². The Bertz CT molecular complexity index is 473. The minimum Gasteiger partial charge on any atom is -0.303 e. The first-order chi connectivity index (χ1) is 9.18. The van der Waals surface area contributed by atoms with E-state index in [1.54, 1.807) is 12.1 Å². The fourth-order valence-corrected chi connectivity index (χ4v) is 2.45. The van der Waals surface area contributed by atoms with Crippen LogP contribution in [0.4, 0.5) is 5.69 Å². The lowest BCUT2D eigenvalue weighted by Crippen LogP contribution is -2.31. The molecule has 1 aliphatic rings. The SMILES string of the molecule is Cl.O=C(CCN1CCCCC1)c1ccccc1[N+](=O)[O-]. The topological polar surface area (TPSA) is 63.5 Å². The molecule has 110 valence electrons. The molecule has 1 aromatic rings. The Morgan fingerprint density at radius 1 is 1.20 bits per heavy atom. The number of carbonyl (C=O) groups is 1. The summed E-state index contributed by atoms with van der Waals surface area (Å²) in [4.78, 5) is 24.7. The molecule has 0 bridgehead atoms. The molecule has 1 aliphatic heterocycles. The number of carbonyl (C=O) groups excluding carboxylic acids is 1. The van der Waals surface area contributed by atoms with E-state index >= 15 is 0 Å². The number of benzene rings is 1. The van der Waals surface area contributed by atoms with E-state index in [2.05, 4.69) is 4.90 Å². The summed E-state index contributed by atoms with van der Waals surface area (Å²) in [7, 11) is 0. The van der Waals surface area contributed by atoms with E-state index in [0.717, 1.165) is 13.1 Å². The van der Waals surface area contributed by atoms with Gasteiger partial charge in [0.25, 0.3) is 5.69 Å². The highest BCUT2D eigenvalue weighted by Crippen LogP contribution is 2.19. The van der Waals surface area contributed by atoms with E-state index < -0.39 is 4.92 Å². The maximum absolute atomic E-state index is 12.1. The van der Waals surface area contributed by atoms with Gasteiger partial charge in [-0.2, -0.15) is 0 Å². The Morgan fingerprint density at radius 2 is 1.85 bits per heavy atom. The zero-order valence-corrected chi connectivity index (χ0v) is 12.1. The zero-order chi connectivity index (χ0) is 13.7. The number of likely N-dealkylation sites (tertiary alicyclic amines) is 1. The van der Waals surface area contributed by atoms with Gasteiger partial charge in [-0.25, -0.2) is 0 Å². The Morgan fingerprint density at radius 3 is 2.50 bits per heavy atom. The number of nitro groups is 1. The maximum Gasteiger partial charge on any atom is 0.280 e. The van der Waals surface area contributed by atoms with Crippen LogP contribution in [-0.4, -0.2) is 35.2 Å². The first kappa shape index (κ1) is 16.6. The number of halogens is 1. The lowest BCUT2D eigenvalue weighted by atomic mass is 10.1. The van der Waals surface area contributed by atoms with Crippen molar-refractivity contribution in [3.8, 4) is 0 Å². The number of ketones is 1. The van der Waals surface area contributed by atoms with Crippen LogP contribution >= 0.6 is 12.4 Å². The van der Waals surface area contributed by atoms with Gasteiger partial charge in [0.1, 0.15) is 0 Å². The summed E-state index contributed by atoms with van der Waals surface area (Å²) >= 11 is 0. The van der Waals surface area contributed by atoms with E-state index in [-0.39, 0.29) is 29.4 Å². The molecular weight excluding hydrogens is 280 g/mol. The van der Waals surface area contributed by atoms with Gasteiger partial charge in [-0.05, 0) is 32.0 Å². The zero-order valence-electron chi connectivity index (χ0n) is 11.3. The van der Waals surface area contributed by atoms with Gasteiger partial charge in [-0.1, -0.05) is 18.6 Å². The monoisotopic (exact) mass is 298 g/mol. The third-order valence-corrected chi connectivity index (χ3v) is 3.50. The van der Waals surface area contributed by atoms with Crippen LogP contribution < -0.4 is 0 Å². The third-order valence-electron chi connectivity index (χ3n) is 3.50. The molecule has 0 aromatic heterocycles. The molecule has 6 heteroatoms. The van der Waals surface area contributed by atoms with Crippen LogP contribution in [0.3, 0.4) is 0 Å². The van der Waals surface area contributed by atoms with Crippen molar-refractivity contribution in [3.05, 3.63) is 39.9 Å². The van der Waals surface area contributed by atoms with Crippen LogP contribution in [0.2, 0.25) is 0 Å². The molecule has 0 atom stereocenters. The molecule has 20 heavy (non-hydrogen) atoms. The predicted molar refractivity (Wildman–Crippen MR) is 79.6 cm³/mol. The molecule has 0 N–H and O–H groups in total. The van der Waals surface area contributed by atoms with Gasteiger partial charge in [-0.15, -0.1) is 12.4 Å². The van der Waals surface area contributed by atoms with Crippen molar-refractivity contribution < 1.29 is 9.72 Å². The molecule has 1 aromatic carbocycles. The van der Waals surface area contributed by atoms with Crippen molar-refractivity contribution in [2.75, 3.05) is 19.6 Å². The Hall–Kier alpha value is -1.46. The van der Waals surface area contributed by atoms with Gasteiger partial charge in [0, 0.05) is 19.0 Å². The Labute approximate surface area is 124 Å². The third kappa shape index (κ3) is 4.28. The van der Waals surface area contributed by atoms with Crippen molar-refractivity contribution in [1.82, 2.24) is 4.90 Å². The minimum atomic E-state index is -0.492. The molecule has 2 rings (SSSR count). The molecular formula is C14H19ClN2O3. The normalized spacial score (nSPS) is 15.4. The minimum absolute atomic E-state index is 0. The second-order valence-corrected chi connectivity index (χ2v) is 4.85. The second kappa shape index (κ2) is 7.97. The average Bonchev–Trinajstić information content (AvgIpc) is 2.46. The molecule has 0 amide bonds. The average molecular weight is 299 g/mol. The van der Waals surface area contributed by atoms with Crippen LogP contribution in [0.15, 0.2) is 24.3 Å². The van der Waals surface area contributed by atoms with Crippen molar-refractivity contribution >= 4 is 23.9 Å². The highest BCUT2D eigenvalue weighted by Gasteiger charge is 2.20. The highest BCUT2D eigenvalue weighted by atomic mass is 35.5. The van der Waals surface area contributed by atoms with Crippen LogP contribution in [0.5, 0.6) is 0 Å². The number of hydrogen-bond donors (Lipinski definition) is 0. The predicted octanol–water partition coefficient (Wildman–Crippen LogP) is 3.08. The largest absolute Gasteiger partial charge is 0.303 e. The van der Waals surface area contributed by atoms with Gasteiger partial charge in [0.2, 0.25) is 0 Å². The van der Waals surface area contributed by atoms with Crippen molar-refractivity contribution in [2.45, 2.75) is 25.7 Å². The van der Waals surface area contributed by atoms with Crippen LogP contribution in [0, 0.1) is 10.1 Å². The van der Waals surface area contributed by atoms with E-state index in [0.29, 0.717) is 13.0 Å². The van der Waals surface area contributed by atoms with Crippen molar-refractivity contribution in [1.29, 1.82) is 0 Å². The number of para-hydroxylation sites is 1. The first-order valence-electron chi connectivity index (χ1n) is 6.67. The summed E-state index contributed by atoms with van der Waals surface area (Å²) in [6.07, 6.45) is 3.97. The Balaban J connectivity index is 0.00000200. The van der Waals surface area contributed by atoms with E-state index in [9.17, 15) is 14.9 Å². The molecule has 1 fully saturated rings. The van der Waals surface area contributed by atoms with Gasteiger partial charge >= 0.3 is 0 Å². The summed E-state index contributed by atoms with van der Waals surface area (Å²) < 4.78 is 0. The quantitative estimate of drug-likeness (QED) is 0.476. The summed E-state index contributed by atoms with van der Waals surface area (Å²) in [6.45, 7) is 2.76. The van der Waals surface area contributed by atoms with Gasteiger partial charge in [0.05, 0.1) is 10.5 Å². The summed E-state index contributed by atoms with van der Waals surface area (Å²) in [5.74, 6) is -0.141. The summed E-state index contributed by atoms with van der Waals surface area (Å²) in [5.41, 5.74) is 0.135. The van der Waals surface area contributed by atoms with Crippen LogP contribution in [0.25, 0.3) is 0 Å². The number of hydrogen-bond acceptors (Lipinski definition) is 4. The maximum atomic E-state index is 12.1. The lowest BCUT2D eigenvalue weighted by Gasteiger charge is -2.25. The second-order valence-electron chi connectivity index (χ2n) is 4.85. The number of nitro benzene ring substituents is 1. The smallest absolute Gasteiger partial charge is 0.280 e. The van der Waals surface area contributed by atoms with Gasteiger partial charge < -0.3 is 4.90 Å². The molecule has 0 aliphatic carbocycles. The van der Waals surface area contributed by atoms with Crippen LogP contribution in [-0.2, 0) is 0 Å². The number of piperidine rings is 1. The van der Waals surface area contributed by atoms with E-state index in [4.69, 9.17) is 0 Å². The molecule has 1 saturated heterocycles. The first-order valence-corrected chi connectivity index (χ1v) is 6.67. The molecule has 5 nitrogen and oxygen atoms in total. The van der Waals surface area contributed by atoms with E-state index in [1.807, 2.05) is 0 Å². The fourth-order valence-electron chi connectivity index (χ4n) is 2.45. The fraction of sp³-hybridized carbons (Fsp3) is 0.500. The van der Waals surface area contributed by atoms with Gasteiger partial charge in [-0.3, -0.25) is 14.9 Å². The van der Waals surface area contributed by atoms with Gasteiger partial charge in [0.15, 0.2) is 5.78 Å². The lowest BCUT2D eigenvalue weighted by molar-refractivity contribution is -0.385. The molecule has 0 saturated carbocycles. The molecule has 0 radical (unpaired) electrons. The van der Waals surface area contributed by atoms with Crippen molar-refractivity contribution in [3.63, 3.8) is 0 Å². The Kier molecular flexibility index (Phi) is 6.61. The number of rotatable bonds is 5. The number of nitrogens with zero attached hydrogens (tertiary/aromatic N) is 2. The highest BCUT2D eigenvalue weighted by molar-refractivity contribution is 5.99.